The van der Waals surface area contributed by atoms with Crippen LogP contribution < -0.4 is 5.32 Å². The molecule has 0 unspecified atom stereocenters. The smallest absolute Gasteiger partial charge is 0.224 e. The number of amides is 1. The van der Waals surface area contributed by atoms with E-state index in [9.17, 15) is 4.79 Å². The van der Waals surface area contributed by atoms with E-state index in [1.807, 2.05) is 37.7 Å². The van der Waals surface area contributed by atoms with Crippen LogP contribution in [0.15, 0.2) is 24.3 Å². The van der Waals surface area contributed by atoms with Crippen molar-refractivity contribution in [3.8, 4) is 0 Å². The van der Waals surface area contributed by atoms with Crippen LogP contribution in [-0.4, -0.2) is 15.7 Å². The van der Waals surface area contributed by atoms with E-state index in [1.165, 1.54) is 11.1 Å². The van der Waals surface area contributed by atoms with Gasteiger partial charge in [-0.25, -0.2) is 0 Å². The molecule has 21 heavy (non-hydrogen) atoms. The number of fused-ring (bicyclic) bond motifs is 1. The first-order valence-corrected chi connectivity index (χ1v) is 7.40. The van der Waals surface area contributed by atoms with Crippen molar-refractivity contribution >= 4 is 5.91 Å². The Hall–Kier alpha value is -2.10. The lowest BCUT2D eigenvalue weighted by molar-refractivity contribution is -0.124. The first kappa shape index (κ1) is 13.9. The molecule has 0 spiro atoms. The van der Waals surface area contributed by atoms with Gasteiger partial charge < -0.3 is 5.32 Å². The molecule has 0 saturated heterocycles. The number of nitrogens with one attached hydrogen (secondary N) is 1. The van der Waals surface area contributed by atoms with Crippen LogP contribution in [0.5, 0.6) is 0 Å². The predicted molar refractivity (Wildman–Crippen MR) is 81.9 cm³/mol. The van der Waals surface area contributed by atoms with Gasteiger partial charge in [0, 0.05) is 30.8 Å². The Kier molecular flexibility index (Phi) is 3.53. The molecule has 0 saturated carbocycles. The fourth-order valence-corrected chi connectivity index (χ4v) is 3.14. The van der Waals surface area contributed by atoms with Crippen molar-refractivity contribution in [2.45, 2.75) is 33.2 Å². The second-order valence-electron chi connectivity index (χ2n) is 5.86. The third-order valence-electron chi connectivity index (χ3n) is 4.52. The molecule has 3 rings (SSSR count). The van der Waals surface area contributed by atoms with Crippen LogP contribution >= 0.6 is 0 Å². The molecular weight excluding hydrogens is 262 g/mol. The molecular formula is C17H21N3O. The van der Waals surface area contributed by atoms with Crippen LogP contribution in [0, 0.1) is 19.8 Å². The second kappa shape index (κ2) is 5.35. The van der Waals surface area contributed by atoms with Crippen molar-refractivity contribution in [1.29, 1.82) is 0 Å². The summed E-state index contributed by atoms with van der Waals surface area (Å²) in [6, 6.07) is 8.33. The maximum absolute atomic E-state index is 12.4. The average Bonchev–Trinajstić information content (AvgIpc) is 2.99. The minimum atomic E-state index is 0.0692. The van der Waals surface area contributed by atoms with Gasteiger partial charge in [-0.15, -0.1) is 0 Å². The quantitative estimate of drug-likeness (QED) is 0.937. The van der Waals surface area contributed by atoms with E-state index in [4.69, 9.17) is 0 Å². The van der Waals surface area contributed by atoms with Gasteiger partial charge in [-0.05, 0) is 37.8 Å². The zero-order valence-corrected chi connectivity index (χ0v) is 12.8. The number of aryl methyl sites for hydroxylation is 2. The third-order valence-corrected chi connectivity index (χ3v) is 4.52. The lowest BCUT2D eigenvalue weighted by atomic mass is 10.1. The van der Waals surface area contributed by atoms with Crippen molar-refractivity contribution < 1.29 is 4.79 Å². The summed E-state index contributed by atoms with van der Waals surface area (Å²) < 4.78 is 1.86. The molecule has 1 aromatic heterocycles. The number of benzene rings is 1. The first-order chi connectivity index (χ1) is 10.1. The van der Waals surface area contributed by atoms with Gasteiger partial charge in [-0.3, -0.25) is 9.48 Å². The van der Waals surface area contributed by atoms with E-state index in [0.717, 1.165) is 29.8 Å². The molecule has 4 nitrogen and oxygen atoms in total. The maximum Gasteiger partial charge on any atom is 0.224 e. The SMILES string of the molecule is Cc1nn(C)c(C)c1CNC(=O)C1Cc2ccccc2C1. The number of hydrogen-bond donors (Lipinski definition) is 1. The van der Waals surface area contributed by atoms with E-state index in [-0.39, 0.29) is 11.8 Å². The standard InChI is InChI=1S/C17H21N3O/c1-11-16(12(2)20(3)19-11)10-18-17(21)15-8-13-6-4-5-7-14(13)9-15/h4-7,15H,8-10H2,1-3H3,(H,18,21). The summed E-state index contributed by atoms with van der Waals surface area (Å²) in [7, 11) is 1.93. The van der Waals surface area contributed by atoms with Crippen LogP contribution in [0.3, 0.4) is 0 Å². The number of carbonyl (C=O) groups is 1. The van der Waals surface area contributed by atoms with Crippen molar-refractivity contribution in [3.05, 3.63) is 52.3 Å². The highest BCUT2D eigenvalue weighted by molar-refractivity contribution is 5.80. The molecule has 1 aliphatic rings. The Balaban J connectivity index is 1.63. The molecule has 0 aliphatic heterocycles. The highest BCUT2D eigenvalue weighted by atomic mass is 16.1. The predicted octanol–water partition coefficient (Wildman–Crippen LogP) is 2.07. The molecule has 0 atom stereocenters. The first-order valence-electron chi connectivity index (χ1n) is 7.40. The molecule has 0 bridgehead atoms. The largest absolute Gasteiger partial charge is 0.352 e. The Morgan fingerprint density at radius 1 is 1.29 bits per heavy atom. The molecule has 1 heterocycles. The number of aromatic nitrogens is 2. The number of nitrogens with zero attached hydrogens (tertiary/aromatic N) is 2. The summed E-state index contributed by atoms with van der Waals surface area (Å²) in [5.41, 5.74) is 5.85. The maximum atomic E-state index is 12.4. The van der Waals surface area contributed by atoms with Gasteiger partial charge in [-0.2, -0.15) is 5.10 Å². The Labute approximate surface area is 125 Å². The molecule has 1 aliphatic carbocycles. The van der Waals surface area contributed by atoms with Crippen molar-refractivity contribution in [3.63, 3.8) is 0 Å². The minimum absolute atomic E-state index is 0.0692. The third kappa shape index (κ3) is 2.58. The van der Waals surface area contributed by atoms with E-state index in [0.29, 0.717) is 6.54 Å². The highest BCUT2D eigenvalue weighted by Crippen LogP contribution is 2.26. The Bertz CT molecular complexity index is 662. The number of hydrogen-bond acceptors (Lipinski definition) is 2. The van der Waals surface area contributed by atoms with Gasteiger partial charge in [0.2, 0.25) is 5.91 Å². The summed E-state index contributed by atoms with van der Waals surface area (Å²) in [6.45, 7) is 4.59. The van der Waals surface area contributed by atoms with Gasteiger partial charge in [0.15, 0.2) is 0 Å². The molecule has 0 fully saturated rings. The van der Waals surface area contributed by atoms with Crippen LogP contribution in [0.1, 0.15) is 28.1 Å². The van der Waals surface area contributed by atoms with Crippen LogP contribution in [0.2, 0.25) is 0 Å². The molecule has 4 heteroatoms. The van der Waals surface area contributed by atoms with Gasteiger partial charge in [-0.1, -0.05) is 24.3 Å². The topological polar surface area (TPSA) is 46.9 Å². The molecule has 2 aromatic rings. The van der Waals surface area contributed by atoms with Crippen LogP contribution in [0.25, 0.3) is 0 Å². The number of rotatable bonds is 3. The molecule has 1 amide bonds. The average molecular weight is 283 g/mol. The summed E-state index contributed by atoms with van der Waals surface area (Å²) >= 11 is 0. The minimum Gasteiger partial charge on any atom is -0.352 e. The van der Waals surface area contributed by atoms with E-state index < -0.39 is 0 Å². The number of carbonyl (C=O) groups excluding carboxylic acids is 1. The zero-order chi connectivity index (χ0) is 15.0. The van der Waals surface area contributed by atoms with Gasteiger partial charge >= 0.3 is 0 Å². The highest BCUT2D eigenvalue weighted by Gasteiger charge is 2.27. The molecule has 1 N–H and O–H groups in total. The van der Waals surface area contributed by atoms with Gasteiger partial charge in [0.1, 0.15) is 0 Å². The Morgan fingerprint density at radius 2 is 1.90 bits per heavy atom. The molecule has 1 aromatic carbocycles. The fraction of sp³-hybridized carbons (Fsp3) is 0.412. The molecule has 0 radical (unpaired) electrons. The van der Waals surface area contributed by atoms with E-state index >= 15 is 0 Å². The van der Waals surface area contributed by atoms with E-state index in [2.05, 4.69) is 22.5 Å². The zero-order valence-electron chi connectivity index (χ0n) is 12.8. The summed E-state index contributed by atoms with van der Waals surface area (Å²) in [4.78, 5) is 12.4. The Morgan fingerprint density at radius 3 is 2.43 bits per heavy atom. The van der Waals surface area contributed by atoms with Gasteiger partial charge in [0.25, 0.3) is 0 Å². The lowest BCUT2D eigenvalue weighted by Gasteiger charge is -2.10. The van der Waals surface area contributed by atoms with Crippen molar-refractivity contribution in [2.75, 3.05) is 0 Å². The summed E-state index contributed by atoms with van der Waals surface area (Å²) in [5.74, 6) is 0.216. The fourth-order valence-electron chi connectivity index (χ4n) is 3.14. The van der Waals surface area contributed by atoms with Crippen molar-refractivity contribution in [2.24, 2.45) is 13.0 Å². The van der Waals surface area contributed by atoms with Crippen LogP contribution in [0.4, 0.5) is 0 Å². The van der Waals surface area contributed by atoms with Crippen LogP contribution in [-0.2, 0) is 31.2 Å². The monoisotopic (exact) mass is 283 g/mol. The summed E-state index contributed by atoms with van der Waals surface area (Å²) in [6.07, 6.45) is 1.71. The summed E-state index contributed by atoms with van der Waals surface area (Å²) in [5, 5.41) is 7.46. The second-order valence-corrected chi connectivity index (χ2v) is 5.86. The normalized spacial score (nSPS) is 14.2. The lowest BCUT2D eigenvalue weighted by Crippen LogP contribution is -2.31. The molecule has 110 valence electrons. The van der Waals surface area contributed by atoms with Gasteiger partial charge in [0.05, 0.1) is 5.69 Å². The van der Waals surface area contributed by atoms with E-state index in [1.54, 1.807) is 0 Å². The van der Waals surface area contributed by atoms with Crippen molar-refractivity contribution in [1.82, 2.24) is 15.1 Å².